The number of carbonyl (C=O) groups excluding carboxylic acids is 2. The monoisotopic (exact) mass is 389 g/mol. The molecule has 7 heteroatoms. The number of methoxy groups -OCH3 is 1. The third-order valence-corrected chi connectivity index (χ3v) is 5.76. The van der Waals surface area contributed by atoms with Gasteiger partial charge in [0, 0.05) is 6.54 Å². The quantitative estimate of drug-likeness (QED) is 0.828. The molecule has 0 spiro atoms. The number of nitrogens with zero attached hydrogens (tertiary/aromatic N) is 2. The lowest BCUT2D eigenvalue weighted by molar-refractivity contribution is 0.0569. The zero-order valence-corrected chi connectivity index (χ0v) is 17.2. The fraction of sp³-hybridized carbons (Fsp3) is 0.619. The molecule has 3 rings (SSSR count). The van der Waals surface area contributed by atoms with Gasteiger partial charge in [-0.1, -0.05) is 13.0 Å². The van der Waals surface area contributed by atoms with Crippen LogP contribution in [0.25, 0.3) is 0 Å². The molecule has 28 heavy (non-hydrogen) atoms. The van der Waals surface area contributed by atoms with Crippen molar-refractivity contribution in [1.29, 1.82) is 0 Å². The van der Waals surface area contributed by atoms with Crippen LogP contribution in [0.15, 0.2) is 18.2 Å². The van der Waals surface area contributed by atoms with E-state index in [2.05, 4.69) is 12.2 Å². The molecule has 1 saturated carbocycles. The van der Waals surface area contributed by atoms with Crippen LogP contribution in [0.2, 0.25) is 0 Å². The first-order valence-corrected chi connectivity index (χ1v) is 10.1. The van der Waals surface area contributed by atoms with Crippen LogP contribution >= 0.6 is 0 Å². The lowest BCUT2D eigenvalue weighted by Crippen LogP contribution is -2.52. The van der Waals surface area contributed by atoms with E-state index >= 15 is 0 Å². The van der Waals surface area contributed by atoms with Gasteiger partial charge in [0.15, 0.2) is 0 Å². The van der Waals surface area contributed by atoms with Gasteiger partial charge >= 0.3 is 12.2 Å². The highest BCUT2D eigenvalue weighted by atomic mass is 16.6. The standard InChI is InChI=1S/C21H31N3O4/c1-5-15(12-22-3)16-9-10-18-19(11-16)23(20(25)28-17-7-6-8-17)13-14(2)24(18)21(26)27-4/h9-11,14-15,17,22H,5-8,12-13H2,1-4H3. The minimum absolute atomic E-state index is 0.0146. The molecule has 0 radical (unpaired) electrons. The number of hydrogen-bond acceptors (Lipinski definition) is 5. The van der Waals surface area contributed by atoms with Crippen LogP contribution in [0.5, 0.6) is 0 Å². The number of rotatable bonds is 5. The van der Waals surface area contributed by atoms with Crippen molar-refractivity contribution in [2.24, 2.45) is 0 Å². The van der Waals surface area contributed by atoms with Gasteiger partial charge in [-0.05, 0) is 63.3 Å². The van der Waals surface area contributed by atoms with Gasteiger partial charge in [-0.2, -0.15) is 0 Å². The predicted octanol–water partition coefficient (Wildman–Crippen LogP) is 3.87. The number of ether oxygens (including phenoxy) is 2. The van der Waals surface area contributed by atoms with Crippen LogP contribution in [0.1, 0.15) is 51.0 Å². The zero-order chi connectivity index (χ0) is 20.3. The molecular formula is C21H31N3O4. The van der Waals surface area contributed by atoms with Gasteiger partial charge in [0.1, 0.15) is 6.10 Å². The van der Waals surface area contributed by atoms with Crippen LogP contribution < -0.4 is 15.1 Å². The van der Waals surface area contributed by atoms with Gasteiger partial charge in [0.05, 0.1) is 31.1 Å². The van der Waals surface area contributed by atoms with Crippen molar-refractivity contribution in [3.05, 3.63) is 23.8 Å². The second-order valence-electron chi connectivity index (χ2n) is 7.65. The normalized spacial score (nSPS) is 20.2. The largest absolute Gasteiger partial charge is 0.452 e. The molecule has 0 bridgehead atoms. The van der Waals surface area contributed by atoms with E-state index in [0.29, 0.717) is 23.8 Å². The summed E-state index contributed by atoms with van der Waals surface area (Å²) in [6, 6.07) is 5.76. The van der Waals surface area contributed by atoms with Crippen molar-refractivity contribution in [3.8, 4) is 0 Å². The lowest BCUT2D eigenvalue weighted by Gasteiger charge is -2.41. The third-order valence-electron chi connectivity index (χ3n) is 5.76. The van der Waals surface area contributed by atoms with E-state index in [1.54, 1.807) is 9.80 Å². The Balaban J connectivity index is 1.98. The third kappa shape index (κ3) is 3.94. The smallest absolute Gasteiger partial charge is 0.414 e. The highest BCUT2D eigenvalue weighted by Crippen LogP contribution is 2.39. The van der Waals surface area contributed by atoms with E-state index in [0.717, 1.165) is 37.8 Å². The van der Waals surface area contributed by atoms with Gasteiger partial charge in [-0.3, -0.25) is 9.80 Å². The van der Waals surface area contributed by atoms with E-state index in [1.165, 1.54) is 7.11 Å². The summed E-state index contributed by atoms with van der Waals surface area (Å²) in [6.07, 6.45) is 3.20. The van der Waals surface area contributed by atoms with Gasteiger partial charge < -0.3 is 14.8 Å². The number of anilines is 2. The molecule has 1 aliphatic carbocycles. The number of likely N-dealkylation sites (N-methyl/N-ethyl adjacent to an activating group) is 1. The van der Waals surface area contributed by atoms with Crippen LogP contribution in [0, 0.1) is 0 Å². The number of benzene rings is 1. The molecule has 0 aromatic heterocycles. The first-order chi connectivity index (χ1) is 13.5. The summed E-state index contributed by atoms with van der Waals surface area (Å²) in [5, 5.41) is 3.23. The fourth-order valence-electron chi connectivity index (χ4n) is 3.88. The first-order valence-electron chi connectivity index (χ1n) is 10.1. The molecule has 1 aromatic carbocycles. The van der Waals surface area contributed by atoms with E-state index in [4.69, 9.17) is 9.47 Å². The minimum atomic E-state index is -0.421. The Hall–Kier alpha value is -2.28. The molecule has 1 aliphatic heterocycles. The summed E-state index contributed by atoms with van der Waals surface area (Å²) in [4.78, 5) is 28.6. The second-order valence-corrected chi connectivity index (χ2v) is 7.65. The molecule has 2 amide bonds. The second kappa shape index (κ2) is 8.82. The molecule has 2 aliphatic rings. The molecule has 2 unspecified atom stereocenters. The minimum Gasteiger partial charge on any atom is -0.452 e. The topological polar surface area (TPSA) is 71.1 Å². The van der Waals surface area contributed by atoms with Crippen molar-refractivity contribution in [1.82, 2.24) is 5.32 Å². The predicted molar refractivity (Wildman–Crippen MR) is 109 cm³/mol. The number of carbonyl (C=O) groups is 2. The van der Waals surface area contributed by atoms with E-state index < -0.39 is 6.09 Å². The van der Waals surface area contributed by atoms with Crippen LogP contribution in [-0.4, -0.2) is 51.6 Å². The molecule has 1 aromatic rings. The van der Waals surface area contributed by atoms with Crippen molar-refractivity contribution in [3.63, 3.8) is 0 Å². The molecule has 2 atom stereocenters. The van der Waals surface area contributed by atoms with E-state index in [-0.39, 0.29) is 18.2 Å². The summed E-state index contributed by atoms with van der Waals surface area (Å²) < 4.78 is 10.7. The van der Waals surface area contributed by atoms with E-state index in [9.17, 15) is 9.59 Å². The molecule has 7 nitrogen and oxygen atoms in total. The van der Waals surface area contributed by atoms with E-state index in [1.807, 2.05) is 32.2 Å². The molecular weight excluding hydrogens is 358 g/mol. The molecule has 0 saturated heterocycles. The van der Waals surface area contributed by atoms with Crippen LogP contribution in [-0.2, 0) is 9.47 Å². The lowest BCUT2D eigenvalue weighted by atomic mass is 9.94. The van der Waals surface area contributed by atoms with Gasteiger partial charge in [0.25, 0.3) is 0 Å². The Morgan fingerprint density at radius 1 is 1.25 bits per heavy atom. The average molecular weight is 389 g/mol. The van der Waals surface area contributed by atoms with Crippen molar-refractivity contribution >= 4 is 23.6 Å². The number of amides is 2. The number of hydrogen-bond donors (Lipinski definition) is 1. The summed E-state index contributed by atoms with van der Waals surface area (Å²) in [7, 11) is 3.31. The van der Waals surface area contributed by atoms with Gasteiger partial charge in [0.2, 0.25) is 0 Å². The first kappa shape index (κ1) is 20.5. The van der Waals surface area contributed by atoms with Crippen LogP contribution in [0.4, 0.5) is 21.0 Å². The molecule has 1 fully saturated rings. The fourth-order valence-corrected chi connectivity index (χ4v) is 3.88. The molecule has 1 N–H and O–H groups in total. The van der Waals surface area contributed by atoms with Crippen molar-refractivity contribution < 1.29 is 19.1 Å². The Bertz CT molecular complexity index is 720. The van der Waals surface area contributed by atoms with Crippen molar-refractivity contribution in [2.75, 3.05) is 37.0 Å². The molecule has 1 heterocycles. The van der Waals surface area contributed by atoms with Gasteiger partial charge in [-0.15, -0.1) is 0 Å². The average Bonchev–Trinajstić information content (AvgIpc) is 2.67. The Labute approximate surface area is 167 Å². The van der Waals surface area contributed by atoms with Crippen LogP contribution in [0.3, 0.4) is 0 Å². The summed E-state index contributed by atoms with van der Waals surface area (Å²) in [5.41, 5.74) is 2.52. The Morgan fingerprint density at radius 2 is 2.00 bits per heavy atom. The maximum Gasteiger partial charge on any atom is 0.414 e. The maximum absolute atomic E-state index is 12.9. The Morgan fingerprint density at radius 3 is 2.57 bits per heavy atom. The summed E-state index contributed by atoms with van der Waals surface area (Å²) >= 11 is 0. The van der Waals surface area contributed by atoms with Gasteiger partial charge in [-0.25, -0.2) is 9.59 Å². The summed E-state index contributed by atoms with van der Waals surface area (Å²) in [6.45, 7) is 5.28. The highest BCUT2D eigenvalue weighted by Gasteiger charge is 2.37. The SMILES string of the molecule is CCC(CNC)c1ccc2c(c1)N(C(=O)OC1CCC1)CC(C)N2C(=O)OC. The highest BCUT2D eigenvalue weighted by molar-refractivity contribution is 6.01. The maximum atomic E-state index is 12.9. The summed E-state index contributed by atoms with van der Waals surface area (Å²) in [5.74, 6) is 0.325. The molecule has 154 valence electrons. The number of nitrogens with one attached hydrogen (secondary N) is 1. The number of fused-ring (bicyclic) bond motifs is 1. The Kier molecular flexibility index (Phi) is 6.44. The zero-order valence-electron chi connectivity index (χ0n) is 17.2. The van der Waals surface area contributed by atoms with Crippen molar-refractivity contribution in [2.45, 2.75) is 57.6 Å².